The lowest BCUT2D eigenvalue weighted by atomic mass is 10.1. The van der Waals surface area contributed by atoms with Crippen LogP contribution in [0.15, 0.2) is 40.9 Å². The number of hydrogen-bond donors (Lipinski definition) is 0. The summed E-state index contributed by atoms with van der Waals surface area (Å²) in [4.78, 5) is 4.25. The van der Waals surface area contributed by atoms with E-state index in [0.29, 0.717) is 0 Å². The molecule has 1 unspecified atom stereocenters. The Morgan fingerprint density at radius 3 is 2.78 bits per heavy atom. The number of hydrogen-bond acceptors (Lipinski definition) is 3. The maximum Gasteiger partial charge on any atom is 0.144 e. The van der Waals surface area contributed by atoms with Gasteiger partial charge in [-0.05, 0) is 44.5 Å². The van der Waals surface area contributed by atoms with E-state index >= 15 is 0 Å². The molecule has 0 radical (unpaired) electrons. The SMILES string of the molecule is CC(C)(C)[S+]([O-])N=Cc1ccc2ncccc2c1. The monoisotopic (exact) mass is 260 g/mol. The summed E-state index contributed by atoms with van der Waals surface area (Å²) < 4.78 is 15.6. The zero-order chi connectivity index (χ0) is 13.2. The molecular formula is C14H16N2OS. The van der Waals surface area contributed by atoms with Crippen molar-refractivity contribution in [3.05, 3.63) is 42.1 Å². The number of pyridine rings is 1. The lowest BCUT2D eigenvalue weighted by Crippen LogP contribution is -2.25. The van der Waals surface area contributed by atoms with Gasteiger partial charge in [-0.1, -0.05) is 16.5 Å². The first kappa shape index (κ1) is 13.1. The van der Waals surface area contributed by atoms with Crippen molar-refractivity contribution in [2.45, 2.75) is 25.5 Å². The van der Waals surface area contributed by atoms with Crippen LogP contribution in [0.3, 0.4) is 0 Å². The summed E-state index contributed by atoms with van der Waals surface area (Å²) >= 11 is -1.22. The molecule has 0 saturated heterocycles. The highest BCUT2D eigenvalue weighted by atomic mass is 32.2. The fraction of sp³-hybridized carbons (Fsp3) is 0.286. The maximum atomic E-state index is 11.8. The van der Waals surface area contributed by atoms with Crippen molar-refractivity contribution in [3.63, 3.8) is 0 Å². The van der Waals surface area contributed by atoms with Crippen LogP contribution in [0.2, 0.25) is 0 Å². The summed E-state index contributed by atoms with van der Waals surface area (Å²) in [5.41, 5.74) is 1.89. The van der Waals surface area contributed by atoms with E-state index < -0.39 is 11.4 Å². The van der Waals surface area contributed by atoms with Gasteiger partial charge in [0, 0.05) is 11.6 Å². The van der Waals surface area contributed by atoms with Crippen molar-refractivity contribution < 1.29 is 4.55 Å². The van der Waals surface area contributed by atoms with Crippen molar-refractivity contribution >= 4 is 28.5 Å². The standard InChI is InChI=1S/C14H16N2OS/c1-14(2,3)18(17)16-10-11-6-7-13-12(9-11)5-4-8-15-13/h4-10H,1-3H3. The third-order valence-corrected chi connectivity index (χ3v) is 3.79. The van der Waals surface area contributed by atoms with Crippen LogP contribution in [-0.2, 0) is 11.4 Å². The van der Waals surface area contributed by atoms with Crippen LogP contribution in [0.1, 0.15) is 26.3 Å². The fourth-order valence-corrected chi connectivity index (χ4v) is 1.97. The van der Waals surface area contributed by atoms with Gasteiger partial charge < -0.3 is 4.55 Å². The van der Waals surface area contributed by atoms with E-state index in [1.807, 2.05) is 51.1 Å². The molecule has 94 valence electrons. The average molecular weight is 260 g/mol. The first-order valence-electron chi connectivity index (χ1n) is 5.78. The highest BCUT2D eigenvalue weighted by molar-refractivity contribution is 7.91. The van der Waals surface area contributed by atoms with E-state index in [4.69, 9.17) is 0 Å². The third-order valence-electron chi connectivity index (χ3n) is 2.45. The van der Waals surface area contributed by atoms with Gasteiger partial charge in [0.1, 0.15) is 16.1 Å². The number of aromatic nitrogens is 1. The first-order chi connectivity index (χ1) is 8.47. The molecule has 1 heterocycles. The molecule has 3 nitrogen and oxygen atoms in total. The van der Waals surface area contributed by atoms with Gasteiger partial charge in [0.15, 0.2) is 0 Å². The molecule has 0 fully saturated rings. The van der Waals surface area contributed by atoms with E-state index in [0.717, 1.165) is 16.5 Å². The number of nitrogens with zero attached hydrogens (tertiary/aromatic N) is 2. The minimum atomic E-state index is -1.22. The van der Waals surface area contributed by atoms with E-state index in [-0.39, 0.29) is 4.75 Å². The van der Waals surface area contributed by atoms with Gasteiger partial charge in [-0.3, -0.25) is 4.98 Å². The fourth-order valence-electron chi connectivity index (χ4n) is 1.44. The molecule has 0 aliphatic rings. The lowest BCUT2D eigenvalue weighted by Gasteiger charge is -2.17. The van der Waals surface area contributed by atoms with Gasteiger partial charge >= 0.3 is 0 Å². The minimum absolute atomic E-state index is 0.325. The number of benzene rings is 1. The zero-order valence-electron chi connectivity index (χ0n) is 10.8. The molecule has 4 heteroatoms. The van der Waals surface area contributed by atoms with Crippen molar-refractivity contribution in [1.29, 1.82) is 0 Å². The molecule has 0 spiro atoms. The van der Waals surface area contributed by atoms with E-state index in [9.17, 15) is 4.55 Å². The van der Waals surface area contributed by atoms with Gasteiger partial charge in [0.05, 0.1) is 11.7 Å². The Morgan fingerprint density at radius 1 is 1.28 bits per heavy atom. The van der Waals surface area contributed by atoms with Crippen LogP contribution < -0.4 is 0 Å². The molecule has 18 heavy (non-hydrogen) atoms. The van der Waals surface area contributed by atoms with E-state index in [1.165, 1.54) is 0 Å². The topological polar surface area (TPSA) is 48.3 Å². The van der Waals surface area contributed by atoms with Crippen molar-refractivity contribution in [2.24, 2.45) is 4.40 Å². The normalized spacial score (nSPS) is 14.2. The molecule has 0 aliphatic carbocycles. The Morgan fingerprint density at radius 2 is 2.06 bits per heavy atom. The largest absolute Gasteiger partial charge is 0.591 e. The smallest absolute Gasteiger partial charge is 0.144 e. The minimum Gasteiger partial charge on any atom is -0.591 e. The molecule has 0 bridgehead atoms. The van der Waals surface area contributed by atoms with E-state index in [1.54, 1.807) is 12.4 Å². The third kappa shape index (κ3) is 3.09. The van der Waals surface area contributed by atoms with Gasteiger partial charge in [-0.25, -0.2) is 0 Å². The molecule has 1 atom stereocenters. The summed E-state index contributed by atoms with van der Waals surface area (Å²) in [6.07, 6.45) is 3.43. The van der Waals surface area contributed by atoms with Crippen LogP contribution >= 0.6 is 0 Å². The van der Waals surface area contributed by atoms with Gasteiger partial charge in [-0.15, -0.1) is 0 Å². The van der Waals surface area contributed by atoms with Crippen LogP contribution in [0.5, 0.6) is 0 Å². The van der Waals surface area contributed by atoms with Gasteiger partial charge in [0.2, 0.25) is 0 Å². The van der Waals surface area contributed by atoms with Crippen molar-refractivity contribution in [1.82, 2.24) is 4.98 Å². The Balaban J connectivity index is 2.25. The van der Waals surface area contributed by atoms with Crippen LogP contribution in [0.25, 0.3) is 10.9 Å². The summed E-state index contributed by atoms with van der Waals surface area (Å²) in [5, 5.41) is 1.06. The summed E-state index contributed by atoms with van der Waals surface area (Å²) in [7, 11) is 0. The molecule has 0 N–H and O–H groups in total. The second kappa shape index (κ2) is 5.08. The predicted octanol–water partition coefficient (Wildman–Crippen LogP) is 3.12. The Labute approximate surface area is 110 Å². The highest BCUT2D eigenvalue weighted by Gasteiger charge is 2.25. The van der Waals surface area contributed by atoms with Gasteiger partial charge in [-0.2, -0.15) is 0 Å². The maximum absolute atomic E-state index is 11.8. The van der Waals surface area contributed by atoms with Crippen molar-refractivity contribution in [3.8, 4) is 0 Å². The second-order valence-corrected chi connectivity index (χ2v) is 6.99. The molecule has 0 saturated carbocycles. The Kier molecular flexibility index (Phi) is 3.68. The van der Waals surface area contributed by atoms with Crippen LogP contribution in [0.4, 0.5) is 0 Å². The summed E-state index contributed by atoms with van der Waals surface area (Å²) in [6, 6.07) is 9.76. The molecule has 0 aliphatic heterocycles. The second-order valence-electron chi connectivity index (χ2n) is 5.05. The Bertz CT molecular complexity index is 575. The summed E-state index contributed by atoms with van der Waals surface area (Å²) in [6.45, 7) is 5.72. The van der Waals surface area contributed by atoms with Crippen molar-refractivity contribution in [2.75, 3.05) is 0 Å². The zero-order valence-corrected chi connectivity index (χ0v) is 11.6. The molecule has 1 aromatic carbocycles. The predicted molar refractivity (Wildman–Crippen MR) is 77.2 cm³/mol. The highest BCUT2D eigenvalue weighted by Crippen LogP contribution is 2.17. The Hall–Kier alpha value is -1.39. The summed E-state index contributed by atoms with van der Waals surface area (Å²) in [5.74, 6) is 0. The average Bonchev–Trinajstić information content (AvgIpc) is 2.34. The molecule has 0 amide bonds. The van der Waals surface area contributed by atoms with Gasteiger partial charge in [0.25, 0.3) is 0 Å². The van der Waals surface area contributed by atoms with Crippen LogP contribution in [-0.4, -0.2) is 20.5 Å². The quantitative estimate of drug-likeness (QED) is 0.615. The van der Waals surface area contributed by atoms with Crippen LogP contribution in [0, 0.1) is 0 Å². The molecule has 2 rings (SSSR count). The molecule has 1 aromatic heterocycles. The first-order valence-corrected chi connectivity index (χ1v) is 6.88. The van der Waals surface area contributed by atoms with E-state index in [2.05, 4.69) is 9.38 Å². The lowest BCUT2D eigenvalue weighted by molar-refractivity contribution is 0.562. The molecule has 2 aromatic rings. The molecular weight excluding hydrogens is 244 g/mol. The number of rotatable bonds is 2. The number of fused-ring (bicyclic) bond motifs is 1.